The molecule has 0 aliphatic carbocycles. The number of halogens is 2. The number of rotatable bonds is 5. The minimum absolute atomic E-state index is 0.0777. The van der Waals surface area contributed by atoms with Crippen LogP contribution in [0.1, 0.15) is 10.4 Å². The number of benzene rings is 3. The zero-order chi connectivity index (χ0) is 31.5. The van der Waals surface area contributed by atoms with E-state index in [1.54, 1.807) is 42.5 Å². The average molecular weight is 631 g/mol. The van der Waals surface area contributed by atoms with Gasteiger partial charge in [-0.3, -0.25) is 13.9 Å². The third-order valence-corrected chi connectivity index (χ3v) is 9.12. The number of furan rings is 1. The van der Waals surface area contributed by atoms with Crippen LogP contribution in [0, 0.1) is 5.82 Å². The number of nitrogen functional groups attached to an aromatic ring is 1. The molecule has 0 bridgehead atoms. The Kier molecular flexibility index (Phi) is 7.02. The first-order chi connectivity index (χ1) is 20.9. The number of hydrogen-bond donors (Lipinski definition) is 2. The minimum atomic E-state index is -3.79. The molecule has 0 radical (unpaired) electrons. The Morgan fingerprint density at radius 3 is 2.34 bits per heavy atom. The van der Waals surface area contributed by atoms with Crippen LogP contribution in [0.2, 0.25) is 5.02 Å². The van der Waals surface area contributed by atoms with Crippen LogP contribution < -0.4 is 20.8 Å². The number of sulfonamides is 1. The Bertz CT molecular complexity index is 2340. The standard InChI is InChI=1S/C32H24ClFN4O5S/c1-36-32(40)26-22-14-21(23-13-12-20-29(37-23)28(35)27(33)18-6-4-5-7-19(18)30(20)39)24(38(2)44(3,41)42)15-25(22)43-31(26)16-8-10-17(34)11-9-16/h4-15H,35H2,1-3H3,(H,36,40). The van der Waals surface area contributed by atoms with Gasteiger partial charge in [-0.2, -0.15) is 0 Å². The van der Waals surface area contributed by atoms with Gasteiger partial charge in [0, 0.05) is 47.4 Å². The summed E-state index contributed by atoms with van der Waals surface area (Å²) in [4.78, 5) is 31.4. The summed E-state index contributed by atoms with van der Waals surface area (Å²) < 4.78 is 46.4. The van der Waals surface area contributed by atoms with Crippen LogP contribution in [0.3, 0.4) is 0 Å². The molecule has 4 aromatic carbocycles. The normalized spacial score (nSPS) is 11.8. The van der Waals surface area contributed by atoms with Crippen LogP contribution in [-0.4, -0.2) is 39.7 Å². The molecular formula is C32H24ClFN4O5S. The highest BCUT2D eigenvalue weighted by molar-refractivity contribution is 7.92. The first-order valence-corrected chi connectivity index (χ1v) is 15.5. The highest BCUT2D eigenvalue weighted by Crippen LogP contribution is 2.41. The van der Waals surface area contributed by atoms with Gasteiger partial charge in [-0.15, -0.1) is 0 Å². The molecule has 44 heavy (non-hydrogen) atoms. The first-order valence-electron chi connectivity index (χ1n) is 13.2. The summed E-state index contributed by atoms with van der Waals surface area (Å²) in [7, 11) is -0.955. The van der Waals surface area contributed by atoms with Crippen molar-refractivity contribution in [3.8, 4) is 22.6 Å². The lowest BCUT2D eigenvalue weighted by Gasteiger charge is -2.20. The predicted octanol–water partition coefficient (Wildman–Crippen LogP) is 5.96. The second-order valence-corrected chi connectivity index (χ2v) is 12.6. The summed E-state index contributed by atoms with van der Waals surface area (Å²) in [5.41, 5.74) is 7.91. The molecule has 222 valence electrons. The lowest BCUT2D eigenvalue weighted by Crippen LogP contribution is -2.25. The fourth-order valence-electron chi connectivity index (χ4n) is 5.20. The summed E-state index contributed by atoms with van der Waals surface area (Å²) in [6.45, 7) is 0. The Morgan fingerprint density at radius 2 is 1.68 bits per heavy atom. The molecule has 0 aliphatic rings. The van der Waals surface area contributed by atoms with E-state index in [-0.39, 0.29) is 55.3 Å². The molecular weight excluding hydrogens is 607 g/mol. The van der Waals surface area contributed by atoms with E-state index < -0.39 is 21.7 Å². The van der Waals surface area contributed by atoms with E-state index in [0.29, 0.717) is 27.3 Å². The van der Waals surface area contributed by atoms with Gasteiger partial charge >= 0.3 is 0 Å². The fourth-order valence-corrected chi connectivity index (χ4v) is 5.96. The number of fused-ring (bicyclic) bond motifs is 3. The van der Waals surface area contributed by atoms with Crippen molar-refractivity contribution in [1.29, 1.82) is 0 Å². The average Bonchev–Trinajstić information content (AvgIpc) is 3.37. The number of carbonyl (C=O) groups excluding carboxylic acids is 1. The van der Waals surface area contributed by atoms with E-state index >= 15 is 0 Å². The van der Waals surface area contributed by atoms with Gasteiger partial charge in [0.05, 0.1) is 44.8 Å². The molecule has 12 heteroatoms. The lowest BCUT2D eigenvalue weighted by atomic mass is 10.0. The molecule has 3 N–H and O–H groups in total. The highest BCUT2D eigenvalue weighted by atomic mass is 35.5. The largest absolute Gasteiger partial charge is 0.455 e. The summed E-state index contributed by atoms with van der Waals surface area (Å²) in [6, 6.07) is 18.5. The van der Waals surface area contributed by atoms with Gasteiger partial charge in [0.1, 0.15) is 17.2 Å². The molecule has 0 aliphatic heterocycles. The molecule has 0 atom stereocenters. The van der Waals surface area contributed by atoms with Crippen molar-refractivity contribution in [1.82, 2.24) is 10.3 Å². The van der Waals surface area contributed by atoms with Crippen LogP contribution in [0.5, 0.6) is 0 Å². The SMILES string of the molecule is CNC(=O)c1c(-c2ccc(F)cc2)oc2cc(N(C)S(C)(=O)=O)c(-c3ccc4c(=O)c5ccccc5c(Cl)c(N)c4n3)cc12. The van der Waals surface area contributed by atoms with Gasteiger partial charge in [-0.25, -0.2) is 17.8 Å². The van der Waals surface area contributed by atoms with Gasteiger partial charge in [0.25, 0.3) is 5.91 Å². The number of nitrogens with two attached hydrogens (primary N) is 1. The molecule has 2 aromatic heterocycles. The molecule has 2 heterocycles. The van der Waals surface area contributed by atoms with Crippen molar-refractivity contribution in [2.75, 3.05) is 30.4 Å². The fraction of sp³-hybridized carbons (Fsp3) is 0.0938. The maximum atomic E-state index is 13.7. The zero-order valence-electron chi connectivity index (χ0n) is 23.6. The third kappa shape index (κ3) is 4.70. The van der Waals surface area contributed by atoms with Crippen molar-refractivity contribution in [2.45, 2.75) is 0 Å². The van der Waals surface area contributed by atoms with Crippen molar-refractivity contribution in [2.24, 2.45) is 0 Å². The number of hydrogen-bond acceptors (Lipinski definition) is 7. The third-order valence-electron chi connectivity index (χ3n) is 7.52. The van der Waals surface area contributed by atoms with Gasteiger partial charge < -0.3 is 15.5 Å². The quantitative estimate of drug-likeness (QED) is 0.240. The number of nitrogens with zero attached hydrogens (tertiary/aromatic N) is 2. The summed E-state index contributed by atoms with van der Waals surface area (Å²) >= 11 is 6.65. The molecule has 0 unspecified atom stereocenters. The van der Waals surface area contributed by atoms with E-state index in [2.05, 4.69) is 5.32 Å². The van der Waals surface area contributed by atoms with Crippen molar-refractivity contribution < 1.29 is 22.0 Å². The number of pyridine rings is 1. The Labute approximate surface area is 255 Å². The van der Waals surface area contributed by atoms with Crippen LogP contribution in [0.15, 0.2) is 82.0 Å². The molecule has 0 fully saturated rings. The zero-order valence-corrected chi connectivity index (χ0v) is 25.2. The van der Waals surface area contributed by atoms with Gasteiger partial charge in [0.2, 0.25) is 10.0 Å². The molecule has 0 saturated heterocycles. The number of carbonyl (C=O) groups is 1. The molecule has 6 rings (SSSR count). The van der Waals surface area contributed by atoms with Gasteiger partial charge in [0.15, 0.2) is 5.43 Å². The van der Waals surface area contributed by atoms with E-state index in [1.165, 1.54) is 44.4 Å². The maximum Gasteiger partial charge on any atom is 0.255 e. The number of aromatic nitrogens is 1. The van der Waals surface area contributed by atoms with Crippen molar-refractivity contribution in [3.05, 3.63) is 99.4 Å². The molecule has 9 nitrogen and oxygen atoms in total. The lowest BCUT2D eigenvalue weighted by molar-refractivity contribution is 0.0964. The Balaban J connectivity index is 1.71. The predicted molar refractivity (Wildman–Crippen MR) is 172 cm³/mol. The molecule has 0 saturated carbocycles. The molecule has 0 spiro atoms. The Morgan fingerprint density at radius 1 is 1.00 bits per heavy atom. The van der Waals surface area contributed by atoms with Crippen molar-refractivity contribution >= 4 is 71.6 Å². The van der Waals surface area contributed by atoms with Crippen LogP contribution in [0.4, 0.5) is 15.8 Å². The second-order valence-electron chi connectivity index (χ2n) is 10.2. The maximum absolute atomic E-state index is 13.7. The second kappa shape index (κ2) is 10.6. The molecule has 6 aromatic rings. The first kappa shape index (κ1) is 29.1. The number of nitrogens with one attached hydrogen (secondary N) is 1. The van der Waals surface area contributed by atoms with E-state index in [0.717, 1.165) is 10.6 Å². The van der Waals surface area contributed by atoms with Gasteiger partial charge in [-0.05, 0) is 42.5 Å². The van der Waals surface area contributed by atoms with Crippen molar-refractivity contribution in [3.63, 3.8) is 0 Å². The number of anilines is 2. The summed E-state index contributed by atoms with van der Waals surface area (Å²) in [5.74, 6) is -0.771. The summed E-state index contributed by atoms with van der Waals surface area (Å²) in [5, 5.41) is 4.17. The topological polar surface area (TPSA) is 136 Å². The monoisotopic (exact) mass is 630 g/mol. The summed E-state index contributed by atoms with van der Waals surface area (Å²) in [6.07, 6.45) is 1.05. The highest BCUT2D eigenvalue weighted by Gasteiger charge is 2.26. The minimum Gasteiger partial charge on any atom is -0.455 e. The van der Waals surface area contributed by atoms with Crippen LogP contribution in [0.25, 0.3) is 55.2 Å². The van der Waals surface area contributed by atoms with Gasteiger partial charge in [-0.1, -0.05) is 35.9 Å². The molecule has 1 amide bonds. The Hall–Kier alpha value is -5.00. The van der Waals surface area contributed by atoms with E-state index in [9.17, 15) is 22.4 Å². The van der Waals surface area contributed by atoms with Crippen LogP contribution >= 0.6 is 11.6 Å². The van der Waals surface area contributed by atoms with Crippen LogP contribution in [-0.2, 0) is 10.0 Å². The van der Waals surface area contributed by atoms with E-state index in [1.807, 2.05) is 0 Å². The number of amides is 1. The smallest absolute Gasteiger partial charge is 0.255 e. The van der Waals surface area contributed by atoms with E-state index in [4.69, 9.17) is 26.7 Å².